The van der Waals surface area contributed by atoms with Crippen LogP contribution in [0.25, 0.3) is 0 Å². The van der Waals surface area contributed by atoms with Crippen molar-refractivity contribution in [3.8, 4) is 0 Å². The summed E-state index contributed by atoms with van der Waals surface area (Å²) in [5, 5.41) is 7.40. The molecule has 0 spiro atoms. The van der Waals surface area contributed by atoms with E-state index in [1.807, 2.05) is 11.3 Å². The minimum absolute atomic E-state index is 0.137. The maximum absolute atomic E-state index is 4.94. The van der Waals surface area contributed by atoms with Crippen molar-refractivity contribution >= 4 is 11.3 Å². The molecule has 1 fully saturated rings. The van der Waals surface area contributed by atoms with Crippen LogP contribution in [0.15, 0.2) is 5.38 Å². The van der Waals surface area contributed by atoms with E-state index in [4.69, 9.17) is 4.98 Å². The second-order valence-corrected chi connectivity index (χ2v) is 7.65. The van der Waals surface area contributed by atoms with Gasteiger partial charge < -0.3 is 5.32 Å². The Hall–Kier alpha value is -0.410. The number of nitrogens with one attached hydrogen (secondary N) is 1. The number of aromatic nitrogens is 1. The van der Waals surface area contributed by atoms with E-state index in [9.17, 15) is 0 Å². The highest BCUT2D eigenvalue weighted by Crippen LogP contribution is 2.41. The summed E-state index contributed by atoms with van der Waals surface area (Å²) in [7, 11) is 0. The van der Waals surface area contributed by atoms with Gasteiger partial charge in [0.05, 0.1) is 11.2 Å². The molecular formula is C16H28N2S. The molecule has 1 saturated carbocycles. The molecule has 3 heteroatoms. The van der Waals surface area contributed by atoms with Gasteiger partial charge in [-0.2, -0.15) is 0 Å². The van der Waals surface area contributed by atoms with Crippen molar-refractivity contribution in [2.24, 2.45) is 5.92 Å². The average molecular weight is 280 g/mol. The fourth-order valence-electron chi connectivity index (χ4n) is 3.00. The average Bonchev–Trinajstić information content (AvgIpc) is 2.82. The maximum Gasteiger partial charge on any atom is 0.113 e. The zero-order valence-electron chi connectivity index (χ0n) is 13.0. The van der Waals surface area contributed by atoms with E-state index in [0.29, 0.717) is 12.0 Å². The summed E-state index contributed by atoms with van der Waals surface area (Å²) in [5.41, 5.74) is 1.39. The molecule has 1 N–H and O–H groups in total. The summed E-state index contributed by atoms with van der Waals surface area (Å²) in [6, 6.07) is 0.514. The summed E-state index contributed by atoms with van der Waals surface area (Å²) in [6.07, 6.45) is 5.10. The molecule has 2 nitrogen and oxygen atoms in total. The van der Waals surface area contributed by atoms with Gasteiger partial charge in [0.15, 0.2) is 0 Å². The van der Waals surface area contributed by atoms with E-state index in [2.05, 4.69) is 45.3 Å². The van der Waals surface area contributed by atoms with Crippen molar-refractivity contribution in [1.82, 2.24) is 10.3 Å². The molecule has 0 aliphatic heterocycles. The lowest BCUT2D eigenvalue weighted by Gasteiger charge is -2.40. The Morgan fingerprint density at radius 2 is 1.89 bits per heavy atom. The van der Waals surface area contributed by atoms with E-state index in [0.717, 1.165) is 5.92 Å². The fraction of sp³-hybridized carbons (Fsp3) is 0.812. The van der Waals surface area contributed by atoms with Crippen LogP contribution in [0.2, 0.25) is 0 Å². The maximum atomic E-state index is 4.94. The summed E-state index contributed by atoms with van der Waals surface area (Å²) in [6.45, 7) is 11.3. The van der Waals surface area contributed by atoms with Crippen molar-refractivity contribution in [1.29, 1.82) is 0 Å². The number of hydrogen-bond donors (Lipinski definition) is 1. The Morgan fingerprint density at radius 1 is 1.26 bits per heavy atom. The fourth-order valence-corrected chi connectivity index (χ4v) is 4.20. The predicted molar refractivity (Wildman–Crippen MR) is 83.8 cm³/mol. The SMILES string of the molecule is CC1CCC(NC(C)C)(c2nc(C(C)C)cs2)CC1. The van der Waals surface area contributed by atoms with E-state index in [-0.39, 0.29) is 5.54 Å². The van der Waals surface area contributed by atoms with Gasteiger partial charge in [-0.25, -0.2) is 4.98 Å². The van der Waals surface area contributed by atoms with Crippen molar-refractivity contribution in [2.45, 2.75) is 77.8 Å². The van der Waals surface area contributed by atoms with Crippen molar-refractivity contribution in [3.05, 3.63) is 16.1 Å². The Kier molecular flexibility index (Phi) is 4.67. The van der Waals surface area contributed by atoms with Gasteiger partial charge in [0.1, 0.15) is 5.01 Å². The highest BCUT2D eigenvalue weighted by molar-refractivity contribution is 7.09. The van der Waals surface area contributed by atoms with Gasteiger partial charge >= 0.3 is 0 Å². The molecule has 0 radical (unpaired) electrons. The van der Waals surface area contributed by atoms with Gasteiger partial charge in [-0.15, -0.1) is 11.3 Å². The third-order valence-corrected chi connectivity index (χ3v) is 5.28. The first kappa shape index (κ1) is 15.0. The Morgan fingerprint density at radius 3 is 2.37 bits per heavy atom. The third-order valence-electron chi connectivity index (χ3n) is 4.22. The molecule has 0 amide bonds. The third kappa shape index (κ3) is 3.38. The van der Waals surface area contributed by atoms with E-state index < -0.39 is 0 Å². The van der Waals surface area contributed by atoms with Crippen molar-refractivity contribution in [2.75, 3.05) is 0 Å². The van der Waals surface area contributed by atoms with E-state index >= 15 is 0 Å². The van der Waals surface area contributed by atoms with Gasteiger partial charge in [-0.05, 0) is 51.4 Å². The van der Waals surface area contributed by atoms with Crippen molar-refractivity contribution in [3.63, 3.8) is 0 Å². The minimum atomic E-state index is 0.137. The second-order valence-electron chi connectivity index (χ2n) is 6.80. The molecule has 0 aromatic carbocycles. The van der Waals surface area contributed by atoms with Crippen LogP contribution in [0.3, 0.4) is 0 Å². The van der Waals surface area contributed by atoms with Gasteiger partial charge in [0, 0.05) is 11.4 Å². The van der Waals surface area contributed by atoms with Gasteiger partial charge in [0.25, 0.3) is 0 Å². The Balaban J connectivity index is 2.26. The molecule has 2 rings (SSSR count). The lowest BCUT2D eigenvalue weighted by molar-refractivity contribution is 0.183. The summed E-state index contributed by atoms with van der Waals surface area (Å²) in [4.78, 5) is 4.94. The molecule has 0 bridgehead atoms. The van der Waals surface area contributed by atoms with Crippen LogP contribution in [-0.2, 0) is 5.54 Å². The first-order chi connectivity index (χ1) is 8.93. The van der Waals surface area contributed by atoms with Crippen molar-refractivity contribution < 1.29 is 0 Å². The molecule has 0 atom stereocenters. The topological polar surface area (TPSA) is 24.9 Å². The zero-order valence-corrected chi connectivity index (χ0v) is 13.8. The molecule has 0 unspecified atom stereocenters. The van der Waals surface area contributed by atoms with Crippen LogP contribution < -0.4 is 5.32 Å². The van der Waals surface area contributed by atoms with Crippen LogP contribution in [0.5, 0.6) is 0 Å². The monoisotopic (exact) mass is 280 g/mol. The van der Waals surface area contributed by atoms with Gasteiger partial charge in [-0.1, -0.05) is 20.8 Å². The predicted octanol–water partition coefficient (Wildman–Crippen LogP) is 4.67. The molecule has 0 saturated heterocycles. The summed E-state index contributed by atoms with van der Waals surface area (Å²) >= 11 is 1.85. The van der Waals surface area contributed by atoms with Crippen LogP contribution >= 0.6 is 11.3 Å². The first-order valence-corrected chi connectivity index (χ1v) is 8.54. The largest absolute Gasteiger partial charge is 0.303 e. The molecule has 19 heavy (non-hydrogen) atoms. The molecular weight excluding hydrogens is 252 g/mol. The number of nitrogens with zero attached hydrogens (tertiary/aromatic N) is 1. The minimum Gasteiger partial charge on any atom is -0.303 e. The number of thiazole rings is 1. The van der Waals surface area contributed by atoms with Crippen LogP contribution in [-0.4, -0.2) is 11.0 Å². The Bertz CT molecular complexity index is 401. The standard InChI is InChI=1S/C16H28N2S/c1-11(2)14-10-19-15(17-14)16(18-12(3)4)8-6-13(5)7-9-16/h10-13,18H,6-9H2,1-5H3. The quantitative estimate of drug-likeness (QED) is 0.867. The van der Waals surface area contributed by atoms with Crippen LogP contribution in [0.1, 0.15) is 76.9 Å². The molecule has 1 aromatic rings. The van der Waals surface area contributed by atoms with Crippen LogP contribution in [0.4, 0.5) is 0 Å². The summed E-state index contributed by atoms with van der Waals surface area (Å²) < 4.78 is 0. The normalized spacial score (nSPS) is 28.3. The number of rotatable bonds is 4. The Labute approximate surface area is 122 Å². The molecule has 108 valence electrons. The zero-order chi connectivity index (χ0) is 14.0. The number of hydrogen-bond acceptors (Lipinski definition) is 3. The van der Waals surface area contributed by atoms with Gasteiger partial charge in [-0.3, -0.25) is 0 Å². The summed E-state index contributed by atoms with van der Waals surface area (Å²) in [5.74, 6) is 1.40. The molecule has 1 heterocycles. The van der Waals surface area contributed by atoms with E-state index in [1.165, 1.54) is 36.4 Å². The lowest BCUT2D eigenvalue weighted by Crippen LogP contribution is -2.48. The highest BCUT2D eigenvalue weighted by Gasteiger charge is 2.38. The first-order valence-electron chi connectivity index (χ1n) is 7.66. The second kappa shape index (κ2) is 5.92. The molecule has 1 aromatic heterocycles. The smallest absolute Gasteiger partial charge is 0.113 e. The molecule has 1 aliphatic carbocycles. The highest BCUT2D eigenvalue weighted by atomic mass is 32.1. The van der Waals surface area contributed by atoms with Gasteiger partial charge in [0.2, 0.25) is 0 Å². The molecule has 1 aliphatic rings. The van der Waals surface area contributed by atoms with Crippen LogP contribution in [0, 0.1) is 5.92 Å². The van der Waals surface area contributed by atoms with E-state index in [1.54, 1.807) is 0 Å². The lowest BCUT2D eigenvalue weighted by atomic mass is 9.77.